The number of sulfonamides is 1. The van der Waals surface area contributed by atoms with E-state index in [1.807, 2.05) is 0 Å². The highest BCUT2D eigenvalue weighted by molar-refractivity contribution is 9.10. The largest absolute Gasteiger partial charge is 0.506 e. The molecule has 2 rings (SSSR count). The van der Waals surface area contributed by atoms with Crippen LogP contribution in [-0.4, -0.2) is 26.0 Å². The monoisotopic (exact) mass is 432 g/mol. The van der Waals surface area contributed by atoms with Crippen LogP contribution < -0.4 is 10.0 Å². The molecule has 0 aliphatic carbocycles. The summed E-state index contributed by atoms with van der Waals surface area (Å²) < 4.78 is 27.3. The first-order chi connectivity index (χ1) is 11.3. The number of rotatable bonds is 6. The van der Waals surface area contributed by atoms with Gasteiger partial charge in [0, 0.05) is 23.1 Å². The standard InChI is InChI=1S/C15H14BrClN2O4S/c16-10-1-4-12(5-2-10)24(22,23)18-8-7-15(21)19-11-3-6-14(20)13(17)9-11/h1-6,9,18,20H,7-8H2,(H,19,21). The lowest BCUT2D eigenvalue weighted by atomic mass is 10.3. The van der Waals surface area contributed by atoms with E-state index in [9.17, 15) is 18.3 Å². The van der Waals surface area contributed by atoms with Crippen LogP contribution in [-0.2, 0) is 14.8 Å². The average Bonchev–Trinajstić information content (AvgIpc) is 2.51. The Hall–Kier alpha value is -1.61. The number of benzene rings is 2. The van der Waals surface area contributed by atoms with Crippen LogP contribution in [0.3, 0.4) is 0 Å². The Labute approximate surface area is 153 Å². The molecule has 2 aromatic carbocycles. The minimum atomic E-state index is -3.66. The molecular weight excluding hydrogens is 420 g/mol. The molecule has 0 atom stereocenters. The second-order valence-electron chi connectivity index (χ2n) is 4.82. The van der Waals surface area contributed by atoms with Crippen LogP contribution in [0.2, 0.25) is 5.02 Å². The van der Waals surface area contributed by atoms with Crippen molar-refractivity contribution in [1.29, 1.82) is 0 Å². The van der Waals surface area contributed by atoms with Crippen molar-refractivity contribution in [2.24, 2.45) is 0 Å². The number of carbonyl (C=O) groups excluding carboxylic acids is 1. The lowest BCUT2D eigenvalue weighted by Crippen LogP contribution is -2.27. The first kappa shape index (κ1) is 18.7. The van der Waals surface area contributed by atoms with Crippen LogP contribution >= 0.6 is 27.5 Å². The van der Waals surface area contributed by atoms with E-state index in [0.717, 1.165) is 4.47 Å². The number of nitrogens with one attached hydrogen (secondary N) is 2. The average molecular weight is 434 g/mol. The molecule has 6 nitrogen and oxygen atoms in total. The maximum Gasteiger partial charge on any atom is 0.240 e. The molecule has 0 bridgehead atoms. The van der Waals surface area contributed by atoms with Gasteiger partial charge >= 0.3 is 0 Å². The third kappa shape index (κ3) is 5.20. The summed E-state index contributed by atoms with van der Waals surface area (Å²) >= 11 is 8.98. The second-order valence-corrected chi connectivity index (χ2v) is 7.91. The number of phenolic OH excluding ortho intramolecular Hbond substituents is 1. The van der Waals surface area contributed by atoms with Gasteiger partial charge in [0.2, 0.25) is 15.9 Å². The van der Waals surface area contributed by atoms with Crippen LogP contribution in [0.5, 0.6) is 5.75 Å². The molecule has 0 aliphatic rings. The maximum absolute atomic E-state index is 12.1. The summed E-state index contributed by atoms with van der Waals surface area (Å²) in [5, 5.41) is 12.0. The molecular formula is C15H14BrClN2O4S. The van der Waals surface area contributed by atoms with Crippen LogP contribution in [0, 0.1) is 0 Å². The number of anilines is 1. The molecule has 128 valence electrons. The summed E-state index contributed by atoms with van der Waals surface area (Å²) in [6, 6.07) is 10.4. The van der Waals surface area contributed by atoms with Crippen molar-refractivity contribution in [2.45, 2.75) is 11.3 Å². The van der Waals surface area contributed by atoms with E-state index >= 15 is 0 Å². The Balaban J connectivity index is 1.87. The SMILES string of the molecule is O=C(CCNS(=O)(=O)c1ccc(Br)cc1)Nc1ccc(O)c(Cl)c1. The molecule has 0 fully saturated rings. The van der Waals surface area contributed by atoms with Crippen molar-refractivity contribution in [1.82, 2.24) is 4.72 Å². The fourth-order valence-corrected chi connectivity index (χ4v) is 3.28. The van der Waals surface area contributed by atoms with Gasteiger partial charge in [0.25, 0.3) is 0 Å². The number of hydrogen-bond acceptors (Lipinski definition) is 4. The predicted octanol–water partition coefficient (Wildman–Crippen LogP) is 3.12. The normalized spacial score (nSPS) is 11.2. The van der Waals surface area contributed by atoms with Crippen molar-refractivity contribution in [3.8, 4) is 5.75 Å². The number of aromatic hydroxyl groups is 1. The van der Waals surface area contributed by atoms with Crippen LogP contribution in [0.15, 0.2) is 51.8 Å². The van der Waals surface area contributed by atoms with Gasteiger partial charge in [0.1, 0.15) is 5.75 Å². The lowest BCUT2D eigenvalue weighted by Gasteiger charge is -2.08. The van der Waals surface area contributed by atoms with Gasteiger partial charge in [-0.3, -0.25) is 4.79 Å². The first-order valence-electron chi connectivity index (χ1n) is 6.81. The molecule has 24 heavy (non-hydrogen) atoms. The lowest BCUT2D eigenvalue weighted by molar-refractivity contribution is -0.116. The molecule has 1 amide bonds. The van der Waals surface area contributed by atoms with Crippen molar-refractivity contribution in [2.75, 3.05) is 11.9 Å². The van der Waals surface area contributed by atoms with Gasteiger partial charge in [-0.2, -0.15) is 0 Å². The Morgan fingerprint density at radius 1 is 1.17 bits per heavy atom. The van der Waals surface area contributed by atoms with Crippen molar-refractivity contribution < 1.29 is 18.3 Å². The Bertz CT molecular complexity index is 841. The second kappa shape index (κ2) is 7.98. The van der Waals surface area contributed by atoms with Gasteiger partial charge in [0.15, 0.2) is 0 Å². The molecule has 0 aliphatic heterocycles. The fraction of sp³-hybridized carbons (Fsp3) is 0.133. The van der Waals surface area contributed by atoms with E-state index in [2.05, 4.69) is 26.0 Å². The third-order valence-corrected chi connectivity index (χ3v) is 5.31. The van der Waals surface area contributed by atoms with Crippen LogP contribution in [0.1, 0.15) is 6.42 Å². The van der Waals surface area contributed by atoms with E-state index in [1.54, 1.807) is 12.1 Å². The number of halogens is 2. The first-order valence-corrected chi connectivity index (χ1v) is 9.47. The van der Waals surface area contributed by atoms with Crippen LogP contribution in [0.25, 0.3) is 0 Å². The zero-order valence-corrected chi connectivity index (χ0v) is 15.5. The van der Waals surface area contributed by atoms with Gasteiger partial charge in [-0.25, -0.2) is 13.1 Å². The topological polar surface area (TPSA) is 95.5 Å². The summed E-state index contributed by atoms with van der Waals surface area (Å²) in [4.78, 5) is 11.9. The number of carbonyl (C=O) groups is 1. The molecule has 3 N–H and O–H groups in total. The minimum absolute atomic E-state index is 0.0456. The molecule has 0 heterocycles. The third-order valence-electron chi connectivity index (χ3n) is 3.00. The fourth-order valence-electron chi connectivity index (χ4n) is 1.80. The van der Waals surface area contributed by atoms with Crippen molar-refractivity contribution in [3.63, 3.8) is 0 Å². The van der Waals surface area contributed by atoms with Gasteiger partial charge in [0.05, 0.1) is 9.92 Å². The summed E-state index contributed by atoms with van der Waals surface area (Å²) in [6.07, 6.45) is -0.0474. The van der Waals surface area contributed by atoms with Gasteiger partial charge < -0.3 is 10.4 Å². The quantitative estimate of drug-likeness (QED) is 0.610. The Morgan fingerprint density at radius 2 is 1.83 bits per heavy atom. The number of hydrogen-bond donors (Lipinski definition) is 3. The highest BCUT2D eigenvalue weighted by Crippen LogP contribution is 2.26. The summed E-state index contributed by atoms with van der Waals surface area (Å²) in [5.74, 6) is -0.466. The number of amides is 1. The Morgan fingerprint density at radius 3 is 2.46 bits per heavy atom. The molecule has 0 radical (unpaired) electrons. The van der Waals surface area contributed by atoms with Crippen molar-refractivity contribution in [3.05, 3.63) is 52.0 Å². The van der Waals surface area contributed by atoms with Gasteiger partial charge in [-0.15, -0.1) is 0 Å². The molecule has 0 unspecified atom stereocenters. The molecule has 0 spiro atoms. The van der Waals surface area contributed by atoms with E-state index in [1.165, 1.54) is 30.3 Å². The van der Waals surface area contributed by atoms with Crippen LogP contribution in [0.4, 0.5) is 5.69 Å². The predicted molar refractivity (Wildman–Crippen MR) is 95.7 cm³/mol. The molecule has 0 aromatic heterocycles. The molecule has 9 heteroatoms. The van der Waals surface area contributed by atoms with Gasteiger partial charge in [-0.1, -0.05) is 27.5 Å². The number of phenols is 1. The van der Waals surface area contributed by atoms with E-state index in [-0.39, 0.29) is 34.5 Å². The van der Waals surface area contributed by atoms with Crippen molar-refractivity contribution >= 4 is 49.1 Å². The maximum atomic E-state index is 12.1. The summed E-state index contributed by atoms with van der Waals surface area (Å²) in [5.41, 5.74) is 0.415. The summed E-state index contributed by atoms with van der Waals surface area (Å²) in [6.45, 7) is -0.0456. The minimum Gasteiger partial charge on any atom is -0.506 e. The van der Waals surface area contributed by atoms with E-state index in [0.29, 0.717) is 5.69 Å². The summed E-state index contributed by atoms with van der Waals surface area (Å²) in [7, 11) is -3.66. The molecule has 2 aromatic rings. The highest BCUT2D eigenvalue weighted by atomic mass is 79.9. The molecule has 0 saturated heterocycles. The molecule has 0 saturated carbocycles. The Kier molecular flexibility index (Phi) is 6.22. The van der Waals surface area contributed by atoms with E-state index in [4.69, 9.17) is 11.6 Å². The van der Waals surface area contributed by atoms with Gasteiger partial charge in [-0.05, 0) is 42.5 Å². The van der Waals surface area contributed by atoms with E-state index < -0.39 is 10.0 Å². The zero-order valence-electron chi connectivity index (χ0n) is 12.3. The zero-order chi connectivity index (χ0) is 17.7. The smallest absolute Gasteiger partial charge is 0.240 e. The highest BCUT2D eigenvalue weighted by Gasteiger charge is 2.14.